The van der Waals surface area contributed by atoms with Gasteiger partial charge in [0, 0.05) is 18.1 Å². The summed E-state index contributed by atoms with van der Waals surface area (Å²) in [5.74, 6) is -1.53. The molecule has 1 saturated carbocycles. The molecule has 5 nitrogen and oxygen atoms in total. The molecule has 1 aliphatic rings. The number of nitrogens with zero attached hydrogens (tertiary/aromatic N) is 1. The third kappa shape index (κ3) is 4.39. The van der Waals surface area contributed by atoms with E-state index in [2.05, 4.69) is 5.32 Å². The Morgan fingerprint density at radius 1 is 0.943 bits per heavy atom. The molecule has 1 N–H and O–H groups in total. The van der Waals surface area contributed by atoms with Gasteiger partial charge in [0.05, 0.1) is 28.2 Å². The topological polar surface area (TPSA) is 74.2 Å². The second-order valence-electron chi connectivity index (χ2n) is 8.78. The number of rotatable bonds is 6. The van der Waals surface area contributed by atoms with Crippen LogP contribution in [0.1, 0.15) is 50.2 Å². The van der Waals surface area contributed by atoms with Crippen molar-refractivity contribution in [1.82, 2.24) is 9.88 Å². The fraction of sp³-hybridized carbons (Fsp3) is 0.185. The molecule has 178 valence electrons. The van der Waals surface area contributed by atoms with E-state index in [1.165, 1.54) is 24.3 Å². The summed E-state index contributed by atoms with van der Waals surface area (Å²) in [5.41, 5.74) is 1.45. The Morgan fingerprint density at radius 3 is 2.23 bits per heavy atom. The highest BCUT2D eigenvalue weighted by Crippen LogP contribution is 2.46. The van der Waals surface area contributed by atoms with Gasteiger partial charge in [0.15, 0.2) is 0 Å². The first-order chi connectivity index (χ1) is 16.7. The van der Waals surface area contributed by atoms with Gasteiger partial charge in [-0.25, -0.2) is 0 Å². The van der Waals surface area contributed by atoms with Gasteiger partial charge < -0.3 is 19.8 Å². The number of benzene rings is 3. The summed E-state index contributed by atoms with van der Waals surface area (Å²) in [6.45, 7) is 0.307. The van der Waals surface area contributed by atoms with Crippen LogP contribution in [0.5, 0.6) is 0 Å². The number of carboxylic acid groups (broad SMARTS) is 1. The maximum absolute atomic E-state index is 13.4. The Kier molecular flexibility index (Phi) is 5.39. The molecule has 1 aliphatic carbocycles. The minimum atomic E-state index is -4.40. The highest BCUT2D eigenvalue weighted by atomic mass is 19.4. The van der Waals surface area contributed by atoms with E-state index in [1.54, 1.807) is 24.3 Å². The number of aromatic carboxylic acids is 1. The quantitative estimate of drug-likeness (QED) is 0.445. The average molecular weight is 477 g/mol. The Morgan fingerprint density at radius 2 is 1.63 bits per heavy atom. The summed E-state index contributed by atoms with van der Waals surface area (Å²) in [5, 5.41) is 15.0. The summed E-state index contributed by atoms with van der Waals surface area (Å²) in [4.78, 5) is 24.4. The molecule has 0 bridgehead atoms. The lowest BCUT2D eigenvalue weighted by molar-refractivity contribution is -0.255. The zero-order chi connectivity index (χ0) is 24.8. The Bertz CT molecular complexity index is 1420. The molecule has 8 heteroatoms. The van der Waals surface area contributed by atoms with Crippen LogP contribution in [0.2, 0.25) is 0 Å². The molecule has 1 fully saturated rings. The van der Waals surface area contributed by atoms with Crippen molar-refractivity contribution in [3.05, 3.63) is 107 Å². The summed E-state index contributed by atoms with van der Waals surface area (Å²) in [6, 6.07) is 18.5. The lowest BCUT2D eigenvalue weighted by atomic mass is 10.0. The van der Waals surface area contributed by atoms with Gasteiger partial charge in [-0.2, -0.15) is 13.2 Å². The number of fused-ring (bicyclic) bond motifs is 1. The van der Waals surface area contributed by atoms with Crippen molar-refractivity contribution in [2.24, 2.45) is 0 Å². The molecule has 1 amide bonds. The number of carbonyl (C=O) groups is 2. The third-order valence-corrected chi connectivity index (χ3v) is 6.44. The smallest absolute Gasteiger partial charge is 0.416 e. The van der Waals surface area contributed by atoms with Crippen LogP contribution in [-0.4, -0.2) is 16.4 Å². The zero-order valence-corrected chi connectivity index (χ0v) is 18.4. The van der Waals surface area contributed by atoms with Crippen LogP contribution >= 0.6 is 0 Å². The number of alkyl halides is 3. The van der Waals surface area contributed by atoms with Gasteiger partial charge in [-0.3, -0.25) is 4.79 Å². The van der Waals surface area contributed by atoms with Crippen molar-refractivity contribution in [3.63, 3.8) is 0 Å². The zero-order valence-electron chi connectivity index (χ0n) is 18.4. The number of aromatic nitrogens is 1. The van der Waals surface area contributed by atoms with E-state index >= 15 is 0 Å². The number of hydrogen-bond acceptors (Lipinski definition) is 3. The van der Waals surface area contributed by atoms with E-state index < -0.39 is 23.2 Å². The monoisotopic (exact) mass is 477 g/mol. The third-order valence-electron chi connectivity index (χ3n) is 6.44. The molecule has 0 atom stereocenters. The van der Waals surface area contributed by atoms with Crippen molar-refractivity contribution in [2.75, 3.05) is 0 Å². The van der Waals surface area contributed by atoms with Crippen LogP contribution in [0, 0.1) is 0 Å². The van der Waals surface area contributed by atoms with Gasteiger partial charge in [0.2, 0.25) is 0 Å². The largest absolute Gasteiger partial charge is 0.545 e. The predicted octanol–water partition coefficient (Wildman–Crippen LogP) is 4.49. The van der Waals surface area contributed by atoms with E-state index in [0.29, 0.717) is 23.2 Å². The Hall–Kier alpha value is -4.07. The number of halogens is 3. The van der Waals surface area contributed by atoms with Crippen LogP contribution < -0.4 is 10.4 Å². The first-order valence-electron chi connectivity index (χ1n) is 11.0. The lowest BCUT2D eigenvalue weighted by Gasteiger charge is -2.19. The van der Waals surface area contributed by atoms with Crippen molar-refractivity contribution in [2.45, 2.75) is 31.1 Å². The van der Waals surface area contributed by atoms with E-state index in [4.69, 9.17) is 0 Å². The maximum atomic E-state index is 13.4. The molecule has 4 aromatic rings. The molecule has 1 heterocycles. The molecular weight excluding hydrogens is 457 g/mol. The van der Waals surface area contributed by atoms with Crippen LogP contribution in [0.25, 0.3) is 10.9 Å². The van der Waals surface area contributed by atoms with Gasteiger partial charge in [-0.1, -0.05) is 48.5 Å². The number of hydrogen-bond donors (Lipinski definition) is 1. The lowest BCUT2D eigenvalue weighted by Crippen LogP contribution is -2.35. The molecule has 3 aromatic carbocycles. The second-order valence-corrected chi connectivity index (χ2v) is 8.78. The number of amides is 1. The van der Waals surface area contributed by atoms with E-state index in [-0.39, 0.29) is 11.5 Å². The van der Waals surface area contributed by atoms with Gasteiger partial charge >= 0.3 is 6.18 Å². The summed E-state index contributed by atoms with van der Waals surface area (Å²) in [6.07, 6.45) is -1.13. The number of carboxylic acids is 1. The van der Waals surface area contributed by atoms with Crippen LogP contribution in [0.3, 0.4) is 0 Å². The Labute approximate surface area is 198 Å². The van der Waals surface area contributed by atoms with Crippen LogP contribution in [0.15, 0.2) is 79.0 Å². The molecule has 35 heavy (non-hydrogen) atoms. The second kappa shape index (κ2) is 8.30. The van der Waals surface area contributed by atoms with Gasteiger partial charge in [0.1, 0.15) is 0 Å². The molecule has 0 aliphatic heterocycles. The standard InChI is InChI=1S/C27H21F3N2O3/c28-27(29,30)21-8-4-17(5-9-21)16-32-15-12-18-2-1-3-22(23(18)32)24(33)31-26(13-14-26)20-10-6-19(7-11-20)25(34)35/h1-12,15H,13-14,16H2,(H,31,33)(H,34,35)/p-1. The highest BCUT2D eigenvalue weighted by Gasteiger charge is 2.46. The van der Waals surface area contributed by atoms with Gasteiger partial charge in [0.25, 0.3) is 5.91 Å². The molecule has 1 aromatic heterocycles. The van der Waals surface area contributed by atoms with E-state index in [0.717, 1.165) is 35.9 Å². The van der Waals surface area contributed by atoms with Crippen LogP contribution in [0.4, 0.5) is 13.2 Å². The molecular formula is C27H20F3N2O3-. The molecule has 5 rings (SSSR count). The van der Waals surface area contributed by atoms with Crippen LogP contribution in [-0.2, 0) is 18.3 Å². The van der Waals surface area contributed by atoms with Gasteiger partial charge in [-0.15, -0.1) is 0 Å². The molecule has 0 radical (unpaired) electrons. The van der Waals surface area contributed by atoms with Crippen molar-refractivity contribution >= 4 is 22.8 Å². The highest BCUT2D eigenvalue weighted by molar-refractivity contribution is 6.06. The minimum Gasteiger partial charge on any atom is -0.545 e. The minimum absolute atomic E-state index is 0.0711. The molecule has 0 saturated heterocycles. The SMILES string of the molecule is O=C([O-])c1ccc(C2(NC(=O)c3cccc4ccn(Cc5ccc(C(F)(F)F)cc5)c34)CC2)cc1. The predicted molar refractivity (Wildman–Crippen MR) is 122 cm³/mol. The average Bonchev–Trinajstić information content (AvgIpc) is 3.50. The first-order valence-corrected chi connectivity index (χ1v) is 11.0. The fourth-order valence-corrected chi connectivity index (χ4v) is 4.39. The van der Waals surface area contributed by atoms with E-state index in [9.17, 15) is 27.9 Å². The summed E-state index contributed by atoms with van der Waals surface area (Å²) in [7, 11) is 0. The molecule has 0 spiro atoms. The van der Waals surface area contributed by atoms with Gasteiger partial charge in [-0.05, 0) is 53.8 Å². The summed E-state index contributed by atoms with van der Waals surface area (Å²) < 4.78 is 40.5. The first kappa shape index (κ1) is 22.7. The fourth-order valence-electron chi connectivity index (χ4n) is 4.39. The summed E-state index contributed by atoms with van der Waals surface area (Å²) >= 11 is 0. The maximum Gasteiger partial charge on any atom is 0.416 e. The van der Waals surface area contributed by atoms with Crippen molar-refractivity contribution < 1.29 is 27.9 Å². The van der Waals surface area contributed by atoms with Crippen molar-refractivity contribution in [1.29, 1.82) is 0 Å². The number of nitrogens with one attached hydrogen (secondary N) is 1. The van der Waals surface area contributed by atoms with Crippen molar-refractivity contribution in [3.8, 4) is 0 Å². The molecule has 0 unspecified atom stereocenters. The normalized spacial score (nSPS) is 14.6. The Balaban J connectivity index is 1.41. The number of carbonyl (C=O) groups excluding carboxylic acids is 2. The van der Waals surface area contributed by atoms with E-state index in [1.807, 2.05) is 22.9 Å². The number of para-hydroxylation sites is 1.